The van der Waals surface area contributed by atoms with Crippen LogP contribution in [0.3, 0.4) is 0 Å². The van der Waals surface area contributed by atoms with E-state index in [2.05, 4.69) is 13.0 Å². The fourth-order valence-electron chi connectivity index (χ4n) is 2.86. The van der Waals surface area contributed by atoms with Crippen molar-refractivity contribution in [2.75, 3.05) is 0 Å². The Balaban J connectivity index is 2.85. The molecule has 0 aromatic heterocycles. The highest BCUT2D eigenvalue weighted by atomic mass is 19.1. The maximum absolute atomic E-state index is 14.4. The van der Waals surface area contributed by atoms with Crippen LogP contribution in [0.25, 0.3) is 0 Å². The van der Waals surface area contributed by atoms with Gasteiger partial charge in [0.25, 0.3) is 0 Å². The Morgan fingerprint density at radius 1 is 1.00 bits per heavy atom. The van der Waals surface area contributed by atoms with Gasteiger partial charge in [-0.2, -0.15) is 0 Å². The van der Waals surface area contributed by atoms with Crippen molar-refractivity contribution < 1.29 is 19.1 Å². The molecule has 1 aliphatic rings. The second-order valence-corrected chi connectivity index (χ2v) is 7.16. The Labute approximate surface area is 156 Å². The van der Waals surface area contributed by atoms with E-state index in [0.29, 0.717) is 6.42 Å². The molecular weight excluding hydrogens is 331 g/mol. The summed E-state index contributed by atoms with van der Waals surface area (Å²) in [7, 11) is 0. The second-order valence-electron chi connectivity index (χ2n) is 7.16. The molecule has 0 spiro atoms. The zero-order valence-corrected chi connectivity index (χ0v) is 16.5. The molecule has 1 N–H and O–H groups in total. The van der Waals surface area contributed by atoms with Crippen molar-refractivity contribution in [2.24, 2.45) is 0 Å². The minimum atomic E-state index is -0.920. The number of ketones is 2. The van der Waals surface area contributed by atoms with Crippen molar-refractivity contribution in [3.05, 3.63) is 46.0 Å². The first kappa shape index (κ1) is 22.1. The van der Waals surface area contributed by atoms with Crippen molar-refractivity contribution in [3.63, 3.8) is 0 Å². The average molecular weight is 362 g/mol. The summed E-state index contributed by atoms with van der Waals surface area (Å²) in [6.45, 7) is 8.05. The molecule has 26 heavy (non-hydrogen) atoms. The second kappa shape index (κ2) is 10.9. The number of unbranched alkanes of at least 4 members (excludes halogenated alkanes) is 3. The highest BCUT2D eigenvalue weighted by Crippen LogP contribution is 2.31. The van der Waals surface area contributed by atoms with E-state index < -0.39 is 23.2 Å². The highest BCUT2D eigenvalue weighted by molar-refractivity contribution is 6.50. The third-order valence-corrected chi connectivity index (χ3v) is 4.54. The molecule has 1 rings (SSSR count). The number of hydrogen-bond acceptors (Lipinski definition) is 3. The summed E-state index contributed by atoms with van der Waals surface area (Å²) in [5.74, 6) is -3.16. The van der Waals surface area contributed by atoms with Crippen molar-refractivity contribution in [1.29, 1.82) is 0 Å². The van der Waals surface area contributed by atoms with Gasteiger partial charge in [0.15, 0.2) is 11.6 Å². The molecule has 0 bridgehead atoms. The fourth-order valence-corrected chi connectivity index (χ4v) is 2.86. The van der Waals surface area contributed by atoms with Crippen LogP contribution in [0.4, 0.5) is 4.39 Å². The lowest BCUT2D eigenvalue weighted by atomic mass is 9.88. The first-order valence-corrected chi connectivity index (χ1v) is 9.48. The summed E-state index contributed by atoms with van der Waals surface area (Å²) in [5, 5.41) is 10.1. The van der Waals surface area contributed by atoms with Gasteiger partial charge in [-0.15, -0.1) is 0 Å². The molecule has 0 amide bonds. The van der Waals surface area contributed by atoms with E-state index in [4.69, 9.17) is 0 Å². The number of rotatable bonds is 10. The number of Topliss-reactive ketones (excluding diaryl/α,β-unsaturated/α-hetero) is 2. The first-order chi connectivity index (χ1) is 12.3. The Morgan fingerprint density at radius 3 is 2.27 bits per heavy atom. The van der Waals surface area contributed by atoms with E-state index >= 15 is 0 Å². The number of allylic oxidation sites excluding steroid dienone is 7. The predicted octanol–water partition coefficient (Wildman–Crippen LogP) is 6.23. The minimum absolute atomic E-state index is 0.0770. The Bertz CT molecular complexity index is 659. The molecule has 1 aliphatic carbocycles. The molecular formula is C22H31FO3. The molecule has 0 heterocycles. The summed E-state index contributed by atoms with van der Waals surface area (Å²) in [6, 6.07) is 0. The van der Waals surface area contributed by atoms with Gasteiger partial charge in [0.05, 0.1) is 5.57 Å². The molecule has 4 heteroatoms. The fraction of sp³-hybridized carbons (Fsp3) is 0.545. The maximum atomic E-state index is 14.4. The lowest BCUT2D eigenvalue weighted by molar-refractivity contribution is -0.132. The van der Waals surface area contributed by atoms with Crippen LogP contribution in [-0.2, 0) is 9.59 Å². The van der Waals surface area contributed by atoms with Gasteiger partial charge >= 0.3 is 0 Å². The van der Waals surface area contributed by atoms with Crippen LogP contribution in [0.5, 0.6) is 0 Å². The van der Waals surface area contributed by atoms with E-state index in [9.17, 15) is 19.1 Å². The van der Waals surface area contributed by atoms with Gasteiger partial charge in [0.1, 0.15) is 0 Å². The molecule has 0 radical (unpaired) electrons. The molecule has 0 unspecified atom stereocenters. The molecule has 0 aromatic carbocycles. The van der Waals surface area contributed by atoms with Crippen LogP contribution in [0.1, 0.15) is 79.1 Å². The SMILES string of the molecule is CCCCCCC1=C(F)C(O)=C(C/C=C(\C)CCC=C(C)C)C(=O)C1=O. The summed E-state index contributed by atoms with van der Waals surface area (Å²) in [4.78, 5) is 24.5. The number of aliphatic hydroxyl groups excluding tert-OH is 1. The smallest absolute Gasteiger partial charge is 0.233 e. The molecule has 0 aliphatic heterocycles. The standard InChI is InChI=1S/C22H31FO3/c1-5-6-7-8-12-17-19(23)20(24)18(22(26)21(17)25)14-13-16(4)11-9-10-15(2)3/h10,13,24H,5-9,11-12,14H2,1-4H3/b16-13+. The van der Waals surface area contributed by atoms with Gasteiger partial charge in [-0.05, 0) is 52.9 Å². The van der Waals surface area contributed by atoms with Gasteiger partial charge in [-0.1, -0.05) is 49.5 Å². The van der Waals surface area contributed by atoms with E-state index in [1.54, 1.807) is 6.08 Å². The number of carbonyl (C=O) groups is 2. The van der Waals surface area contributed by atoms with Crippen molar-refractivity contribution in [2.45, 2.75) is 79.1 Å². The van der Waals surface area contributed by atoms with E-state index in [1.165, 1.54) is 5.57 Å². The summed E-state index contributed by atoms with van der Waals surface area (Å²) >= 11 is 0. The number of carbonyl (C=O) groups excluding carboxylic acids is 2. The Morgan fingerprint density at radius 2 is 1.65 bits per heavy atom. The largest absolute Gasteiger partial charge is 0.505 e. The highest BCUT2D eigenvalue weighted by Gasteiger charge is 2.34. The third kappa shape index (κ3) is 6.40. The van der Waals surface area contributed by atoms with Gasteiger partial charge in [-0.25, -0.2) is 4.39 Å². The van der Waals surface area contributed by atoms with Crippen LogP contribution in [0.15, 0.2) is 46.0 Å². The summed E-state index contributed by atoms with van der Waals surface area (Å²) in [6.07, 6.45) is 9.44. The molecule has 0 saturated carbocycles. The van der Waals surface area contributed by atoms with E-state index in [-0.39, 0.29) is 24.0 Å². The first-order valence-electron chi connectivity index (χ1n) is 9.48. The molecule has 3 nitrogen and oxygen atoms in total. The van der Waals surface area contributed by atoms with Crippen LogP contribution >= 0.6 is 0 Å². The van der Waals surface area contributed by atoms with Crippen LogP contribution in [0.2, 0.25) is 0 Å². The van der Waals surface area contributed by atoms with E-state index in [0.717, 1.165) is 37.7 Å². The minimum Gasteiger partial charge on any atom is -0.505 e. The maximum Gasteiger partial charge on any atom is 0.233 e. The Kier molecular flexibility index (Phi) is 9.25. The quantitative estimate of drug-likeness (QED) is 0.217. The normalized spacial score (nSPS) is 15.8. The predicted molar refractivity (Wildman–Crippen MR) is 104 cm³/mol. The third-order valence-electron chi connectivity index (χ3n) is 4.54. The molecule has 0 aromatic rings. The van der Waals surface area contributed by atoms with Gasteiger partial charge in [0, 0.05) is 5.57 Å². The zero-order chi connectivity index (χ0) is 19.7. The monoisotopic (exact) mass is 362 g/mol. The zero-order valence-electron chi connectivity index (χ0n) is 16.5. The number of halogens is 1. The topological polar surface area (TPSA) is 54.4 Å². The van der Waals surface area contributed by atoms with Crippen molar-refractivity contribution >= 4 is 11.6 Å². The molecule has 0 saturated heterocycles. The lowest BCUT2D eigenvalue weighted by Crippen LogP contribution is -2.25. The van der Waals surface area contributed by atoms with E-state index in [1.807, 2.05) is 20.8 Å². The van der Waals surface area contributed by atoms with Crippen molar-refractivity contribution in [1.82, 2.24) is 0 Å². The van der Waals surface area contributed by atoms with Crippen molar-refractivity contribution in [3.8, 4) is 0 Å². The number of aliphatic hydroxyl groups is 1. The number of hydrogen-bond donors (Lipinski definition) is 1. The molecule has 0 atom stereocenters. The average Bonchev–Trinajstić information content (AvgIpc) is 2.59. The molecule has 144 valence electrons. The van der Waals surface area contributed by atoms with Gasteiger partial charge < -0.3 is 5.11 Å². The summed E-state index contributed by atoms with van der Waals surface area (Å²) in [5.41, 5.74) is 1.98. The lowest BCUT2D eigenvalue weighted by Gasteiger charge is -2.16. The van der Waals surface area contributed by atoms with Crippen LogP contribution in [-0.4, -0.2) is 16.7 Å². The summed E-state index contributed by atoms with van der Waals surface area (Å²) < 4.78 is 14.4. The van der Waals surface area contributed by atoms with Crippen LogP contribution < -0.4 is 0 Å². The van der Waals surface area contributed by atoms with Crippen LogP contribution in [0, 0.1) is 0 Å². The molecule has 0 fully saturated rings. The Hall–Kier alpha value is -1.97. The van der Waals surface area contributed by atoms with Gasteiger partial charge in [0.2, 0.25) is 11.6 Å². The van der Waals surface area contributed by atoms with Gasteiger partial charge in [-0.3, -0.25) is 9.59 Å².